The fourth-order valence-corrected chi connectivity index (χ4v) is 2.89. The molecule has 8 heteroatoms. The Kier molecular flexibility index (Phi) is 4.39. The van der Waals surface area contributed by atoms with Crippen LogP contribution in [0.25, 0.3) is 0 Å². The highest BCUT2D eigenvalue weighted by molar-refractivity contribution is 8.03. The van der Waals surface area contributed by atoms with Crippen LogP contribution in [-0.4, -0.2) is 17.8 Å². The summed E-state index contributed by atoms with van der Waals surface area (Å²) < 4.78 is 51.1. The molecule has 0 saturated carbocycles. The Bertz CT molecular complexity index is 785. The molecule has 0 bridgehead atoms. The van der Waals surface area contributed by atoms with Gasteiger partial charge in [0, 0.05) is 18.2 Å². The Hall–Kier alpha value is -2.24. The standard InChI is InChI=1S/C16H11F3N2O2S/c17-16(18,19)15(7-9-22-15)11-4-1-2-5-12(11)23-14-13(24-10-20)6-3-8-21-14/h1-6,8H,7,9H2. The van der Waals surface area contributed by atoms with Crippen molar-refractivity contribution in [3.8, 4) is 17.0 Å². The van der Waals surface area contributed by atoms with Crippen LogP contribution >= 0.6 is 11.8 Å². The maximum atomic E-state index is 13.5. The summed E-state index contributed by atoms with van der Waals surface area (Å²) in [5, 5.41) is 10.7. The van der Waals surface area contributed by atoms with Gasteiger partial charge in [-0.1, -0.05) is 18.2 Å². The van der Waals surface area contributed by atoms with E-state index >= 15 is 0 Å². The number of ether oxygens (including phenoxy) is 2. The third-order valence-electron chi connectivity index (χ3n) is 3.68. The molecular weight excluding hydrogens is 341 g/mol. The fourth-order valence-electron chi connectivity index (χ4n) is 2.47. The summed E-state index contributed by atoms with van der Waals surface area (Å²) in [6, 6.07) is 9.06. The third kappa shape index (κ3) is 2.81. The summed E-state index contributed by atoms with van der Waals surface area (Å²) in [6.45, 7) is 0.0347. The van der Waals surface area contributed by atoms with Crippen LogP contribution in [0.1, 0.15) is 12.0 Å². The molecule has 4 nitrogen and oxygen atoms in total. The number of hydrogen-bond donors (Lipinski definition) is 0. The lowest BCUT2D eigenvalue weighted by Crippen LogP contribution is -2.52. The van der Waals surface area contributed by atoms with E-state index in [-0.39, 0.29) is 30.2 Å². The number of para-hydroxylation sites is 1. The lowest BCUT2D eigenvalue weighted by atomic mass is 9.85. The van der Waals surface area contributed by atoms with E-state index in [9.17, 15) is 13.2 Å². The first-order valence-electron chi connectivity index (χ1n) is 6.97. The van der Waals surface area contributed by atoms with Crippen LogP contribution in [0.15, 0.2) is 47.5 Å². The molecule has 1 atom stereocenters. The summed E-state index contributed by atoms with van der Waals surface area (Å²) in [4.78, 5) is 4.43. The summed E-state index contributed by atoms with van der Waals surface area (Å²) in [7, 11) is 0. The largest absolute Gasteiger partial charge is 0.437 e. The average molecular weight is 352 g/mol. The topological polar surface area (TPSA) is 55.1 Å². The molecular formula is C16H11F3N2O2S. The van der Waals surface area contributed by atoms with Crippen molar-refractivity contribution in [3.05, 3.63) is 48.2 Å². The van der Waals surface area contributed by atoms with Gasteiger partial charge < -0.3 is 9.47 Å². The van der Waals surface area contributed by atoms with Crippen molar-refractivity contribution in [2.45, 2.75) is 23.1 Å². The van der Waals surface area contributed by atoms with Crippen LogP contribution < -0.4 is 4.74 Å². The van der Waals surface area contributed by atoms with Gasteiger partial charge in [-0.15, -0.1) is 0 Å². The number of pyridine rings is 1. The van der Waals surface area contributed by atoms with Crippen LogP contribution in [0.2, 0.25) is 0 Å². The second kappa shape index (κ2) is 6.34. The number of benzene rings is 1. The van der Waals surface area contributed by atoms with Crippen molar-refractivity contribution in [1.29, 1.82) is 5.26 Å². The first-order valence-corrected chi connectivity index (χ1v) is 7.78. The summed E-state index contributed by atoms with van der Waals surface area (Å²) >= 11 is 0.824. The SMILES string of the molecule is N#CSc1cccnc1Oc1ccccc1C1(C(F)(F)F)CCO1. The van der Waals surface area contributed by atoms with E-state index in [0.29, 0.717) is 4.90 Å². The van der Waals surface area contributed by atoms with E-state index < -0.39 is 11.8 Å². The van der Waals surface area contributed by atoms with Crippen LogP contribution in [0.5, 0.6) is 11.6 Å². The van der Waals surface area contributed by atoms with Gasteiger partial charge in [-0.25, -0.2) is 4.98 Å². The van der Waals surface area contributed by atoms with Gasteiger partial charge in [0.1, 0.15) is 11.2 Å². The monoisotopic (exact) mass is 352 g/mol. The van der Waals surface area contributed by atoms with Crippen molar-refractivity contribution >= 4 is 11.8 Å². The molecule has 0 N–H and O–H groups in total. The molecule has 2 heterocycles. The zero-order chi connectivity index (χ0) is 17.2. The van der Waals surface area contributed by atoms with E-state index in [2.05, 4.69) is 4.98 Å². The molecule has 0 spiro atoms. The lowest BCUT2D eigenvalue weighted by Gasteiger charge is -2.43. The maximum Gasteiger partial charge on any atom is 0.421 e. The minimum Gasteiger partial charge on any atom is -0.437 e. The number of rotatable bonds is 4. The molecule has 1 fully saturated rings. The molecule has 1 aliphatic rings. The molecule has 1 unspecified atom stereocenters. The molecule has 0 radical (unpaired) electrons. The predicted molar refractivity (Wildman–Crippen MR) is 80.5 cm³/mol. The lowest BCUT2D eigenvalue weighted by molar-refractivity contribution is -0.333. The van der Waals surface area contributed by atoms with Gasteiger partial charge >= 0.3 is 6.18 Å². The number of thiocyanates is 1. The van der Waals surface area contributed by atoms with Crippen molar-refractivity contribution in [2.24, 2.45) is 0 Å². The Balaban J connectivity index is 2.01. The molecule has 1 aromatic carbocycles. The van der Waals surface area contributed by atoms with Gasteiger partial charge in [-0.3, -0.25) is 0 Å². The molecule has 24 heavy (non-hydrogen) atoms. The first-order chi connectivity index (χ1) is 11.5. The van der Waals surface area contributed by atoms with Crippen molar-refractivity contribution in [1.82, 2.24) is 4.98 Å². The van der Waals surface area contributed by atoms with Crippen molar-refractivity contribution in [3.63, 3.8) is 0 Å². The third-order valence-corrected chi connectivity index (χ3v) is 4.30. The van der Waals surface area contributed by atoms with Crippen LogP contribution in [0, 0.1) is 10.7 Å². The Morgan fingerprint density at radius 2 is 2.00 bits per heavy atom. The van der Waals surface area contributed by atoms with Crippen molar-refractivity contribution < 1.29 is 22.6 Å². The van der Waals surface area contributed by atoms with E-state index in [1.54, 1.807) is 18.2 Å². The molecule has 1 aliphatic heterocycles. The van der Waals surface area contributed by atoms with E-state index in [1.807, 2.05) is 5.40 Å². The smallest absolute Gasteiger partial charge is 0.421 e. The first kappa shape index (κ1) is 16.6. The highest BCUT2D eigenvalue weighted by Gasteiger charge is 2.62. The molecule has 1 aromatic heterocycles. The average Bonchev–Trinajstić information content (AvgIpc) is 2.48. The minimum atomic E-state index is -4.56. The highest BCUT2D eigenvalue weighted by atomic mass is 32.2. The van der Waals surface area contributed by atoms with E-state index in [1.165, 1.54) is 24.4 Å². The van der Waals surface area contributed by atoms with E-state index in [0.717, 1.165) is 11.8 Å². The molecule has 1 saturated heterocycles. The number of alkyl halides is 3. The summed E-state index contributed by atoms with van der Waals surface area (Å²) in [6.07, 6.45) is -3.28. The van der Waals surface area contributed by atoms with Gasteiger partial charge in [0.15, 0.2) is 5.60 Å². The van der Waals surface area contributed by atoms with Gasteiger partial charge in [0.25, 0.3) is 0 Å². The fraction of sp³-hybridized carbons (Fsp3) is 0.250. The second-order valence-corrected chi connectivity index (χ2v) is 5.85. The zero-order valence-electron chi connectivity index (χ0n) is 12.2. The van der Waals surface area contributed by atoms with Gasteiger partial charge in [0.2, 0.25) is 5.88 Å². The Morgan fingerprint density at radius 1 is 1.25 bits per heavy atom. The van der Waals surface area contributed by atoms with Crippen LogP contribution in [0.3, 0.4) is 0 Å². The summed E-state index contributed by atoms with van der Waals surface area (Å²) in [5.41, 5.74) is -2.46. The Labute approximate surface area is 140 Å². The zero-order valence-corrected chi connectivity index (χ0v) is 13.0. The van der Waals surface area contributed by atoms with Gasteiger partial charge in [-0.05, 0) is 30.0 Å². The summed E-state index contributed by atoms with van der Waals surface area (Å²) in [5.74, 6) is 0.0844. The Morgan fingerprint density at radius 3 is 2.62 bits per heavy atom. The number of thioether (sulfide) groups is 1. The van der Waals surface area contributed by atoms with E-state index in [4.69, 9.17) is 14.7 Å². The van der Waals surface area contributed by atoms with Crippen molar-refractivity contribution in [2.75, 3.05) is 6.61 Å². The normalized spacial score (nSPS) is 20.1. The predicted octanol–water partition coefficient (Wildman–Crippen LogP) is 4.62. The number of aromatic nitrogens is 1. The molecule has 0 aliphatic carbocycles. The molecule has 124 valence electrons. The number of nitriles is 1. The second-order valence-electron chi connectivity index (χ2n) is 5.02. The highest BCUT2D eigenvalue weighted by Crippen LogP contribution is 2.53. The van der Waals surface area contributed by atoms with Gasteiger partial charge in [-0.2, -0.15) is 18.4 Å². The molecule has 2 aromatic rings. The minimum absolute atomic E-state index is 0.00742. The molecule has 0 amide bonds. The van der Waals surface area contributed by atoms with Crippen LogP contribution in [0.4, 0.5) is 13.2 Å². The van der Waals surface area contributed by atoms with Crippen LogP contribution in [-0.2, 0) is 10.3 Å². The number of hydrogen-bond acceptors (Lipinski definition) is 5. The van der Waals surface area contributed by atoms with Gasteiger partial charge in [0.05, 0.1) is 11.5 Å². The molecule has 3 rings (SSSR count). The number of nitrogens with zero attached hydrogens (tertiary/aromatic N) is 2. The number of halogens is 3. The quantitative estimate of drug-likeness (QED) is 0.593. The maximum absolute atomic E-state index is 13.5.